The van der Waals surface area contributed by atoms with E-state index in [1.165, 1.54) is 11.8 Å². The van der Waals surface area contributed by atoms with Crippen LogP contribution in [0, 0.1) is 6.92 Å². The molecule has 3 rings (SSSR count). The van der Waals surface area contributed by atoms with E-state index in [1.54, 1.807) is 31.6 Å². The second-order valence-electron chi connectivity index (χ2n) is 5.31. The number of carbonyl (C=O) groups is 1. The molecule has 1 amide bonds. The van der Waals surface area contributed by atoms with E-state index in [-0.39, 0.29) is 5.91 Å². The van der Waals surface area contributed by atoms with Crippen molar-refractivity contribution < 1.29 is 14.3 Å². The van der Waals surface area contributed by atoms with Crippen LogP contribution >= 0.6 is 23.1 Å². The van der Waals surface area contributed by atoms with Crippen molar-refractivity contribution in [3.63, 3.8) is 0 Å². The predicted octanol–water partition coefficient (Wildman–Crippen LogP) is 4.35. The number of thiazole rings is 1. The normalized spacial score (nSPS) is 10.7. The number of fused-ring (bicyclic) bond motifs is 1. The summed E-state index contributed by atoms with van der Waals surface area (Å²) in [5, 5.41) is 2.92. The van der Waals surface area contributed by atoms with Crippen LogP contribution in [-0.2, 0) is 4.79 Å². The van der Waals surface area contributed by atoms with Gasteiger partial charge < -0.3 is 14.8 Å². The van der Waals surface area contributed by atoms with Gasteiger partial charge in [0.25, 0.3) is 0 Å². The first-order chi connectivity index (χ1) is 12.1. The number of thioether (sulfide) groups is 1. The first-order valence-corrected chi connectivity index (χ1v) is 9.41. The molecule has 0 atom stereocenters. The standard InChI is InChI=1S/C18H18N2O3S2/c1-11-8-14(22-2)15(23-3)9-13(11)19-17(21)10-24-18-20-12-6-4-5-7-16(12)25-18/h4-9H,10H2,1-3H3,(H,19,21). The largest absolute Gasteiger partial charge is 0.493 e. The summed E-state index contributed by atoms with van der Waals surface area (Å²) in [6.45, 7) is 1.91. The number of benzene rings is 2. The van der Waals surface area contributed by atoms with E-state index in [1.807, 2.05) is 37.3 Å². The average molecular weight is 374 g/mol. The molecule has 2 aromatic carbocycles. The molecule has 1 aromatic heterocycles. The first kappa shape index (κ1) is 17.6. The van der Waals surface area contributed by atoms with Gasteiger partial charge >= 0.3 is 0 Å². The minimum absolute atomic E-state index is 0.0837. The summed E-state index contributed by atoms with van der Waals surface area (Å²) in [6, 6.07) is 11.6. The molecule has 0 saturated heterocycles. The molecule has 3 aromatic rings. The Morgan fingerprint density at radius 3 is 2.64 bits per heavy atom. The van der Waals surface area contributed by atoms with Crippen molar-refractivity contribution >= 4 is 44.9 Å². The predicted molar refractivity (Wildman–Crippen MR) is 103 cm³/mol. The van der Waals surface area contributed by atoms with Gasteiger partial charge in [-0.15, -0.1) is 11.3 Å². The summed E-state index contributed by atoms with van der Waals surface area (Å²) < 4.78 is 12.6. The Kier molecular flexibility index (Phi) is 5.45. The zero-order chi connectivity index (χ0) is 17.8. The topological polar surface area (TPSA) is 60.5 Å². The molecule has 0 aliphatic heterocycles. The summed E-state index contributed by atoms with van der Waals surface area (Å²) in [6.07, 6.45) is 0. The monoisotopic (exact) mass is 374 g/mol. The van der Waals surface area contributed by atoms with Gasteiger partial charge in [0.05, 0.1) is 30.2 Å². The van der Waals surface area contributed by atoms with E-state index in [9.17, 15) is 4.79 Å². The number of para-hydroxylation sites is 1. The molecule has 0 aliphatic rings. The maximum Gasteiger partial charge on any atom is 0.234 e. The fraction of sp³-hybridized carbons (Fsp3) is 0.222. The number of methoxy groups -OCH3 is 2. The van der Waals surface area contributed by atoms with Crippen molar-refractivity contribution in [2.45, 2.75) is 11.3 Å². The number of aryl methyl sites for hydroxylation is 1. The molecule has 0 spiro atoms. The first-order valence-electron chi connectivity index (χ1n) is 7.61. The van der Waals surface area contributed by atoms with Crippen LogP contribution in [0.2, 0.25) is 0 Å². The second kappa shape index (κ2) is 7.76. The van der Waals surface area contributed by atoms with Crippen LogP contribution in [0.5, 0.6) is 11.5 Å². The molecule has 7 heteroatoms. The highest BCUT2D eigenvalue weighted by Gasteiger charge is 2.12. The number of rotatable bonds is 6. The lowest BCUT2D eigenvalue weighted by atomic mass is 10.1. The Hall–Kier alpha value is -2.25. The molecular formula is C18H18N2O3S2. The van der Waals surface area contributed by atoms with E-state index < -0.39 is 0 Å². The van der Waals surface area contributed by atoms with Gasteiger partial charge in [-0.3, -0.25) is 4.79 Å². The van der Waals surface area contributed by atoms with Crippen LogP contribution in [0.25, 0.3) is 10.2 Å². The van der Waals surface area contributed by atoms with Gasteiger partial charge in [-0.2, -0.15) is 0 Å². The summed E-state index contributed by atoms with van der Waals surface area (Å²) in [7, 11) is 3.16. The van der Waals surface area contributed by atoms with Gasteiger partial charge in [0.1, 0.15) is 0 Å². The van der Waals surface area contributed by atoms with Crippen molar-refractivity contribution in [1.29, 1.82) is 0 Å². The number of hydrogen-bond donors (Lipinski definition) is 1. The van der Waals surface area contributed by atoms with E-state index in [2.05, 4.69) is 10.3 Å². The van der Waals surface area contributed by atoms with Gasteiger partial charge in [0.2, 0.25) is 5.91 Å². The molecule has 0 fully saturated rings. The Morgan fingerprint density at radius 2 is 1.92 bits per heavy atom. The van der Waals surface area contributed by atoms with Crippen LogP contribution in [0.4, 0.5) is 5.69 Å². The SMILES string of the molecule is COc1cc(C)c(NC(=O)CSc2nc3ccccc3s2)cc1OC. The Morgan fingerprint density at radius 1 is 1.20 bits per heavy atom. The number of nitrogens with zero attached hydrogens (tertiary/aromatic N) is 1. The summed E-state index contributed by atoms with van der Waals surface area (Å²) in [5.74, 6) is 1.44. The number of aromatic nitrogens is 1. The van der Waals surface area contributed by atoms with Crippen LogP contribution in [0.1, 0.15) is 5.56 Å². The number of anilines is 1. The average Bonchev–Trinajstić information content (AvgIpc) is 3.04. The molecule has 5 nitrogen and oxygen atoms in total. The molecule has 1 heterocycles. The fourth-order valence-corrected chi connectivity index (χ4v) is 4.21. The molecule has 25 heavy (non-hydrogen) atoms. The highest BCUT2D eigenvalue weighted by molar-refractivity contribution is 8.01. The second-order valence-corrected chi connectivity index (χ2v) is 7.56. The van der Waals surface area contributed by atoms with Crippen molar-refractivity contribution in [2.24, 2.45) is 0 Å². The number of carbonyl (C=O) groups excluding carboxylic acids is 1. The lowest BCUT2D eigenvalue weighted by Crippen LogP contribution is -2.15. The summed E-state index contributed by atoms with van der Waals surface area (Å²) in [4.78, 5) is 16.8. The van der Waals surface area contributed by atoms with Gasteiger partial charge in [-0.05, 0) is 30.7 Å². The molecule has 130 valence electrons. The molecule has 0 aliphatic carbocycles. The molecule has 1 N–H and O–H groups in total. The minimum Gasteiger partial charge on any atom is -0.493 e. The molecule has 0 unspecified atom stereocenters. The molecule has 0 bridgehead atoms. The van der Waals surface area contributed by atoms with Gasteiger partial charge in [0.15, 0.2) is 15.8 Å². The van der Waals surface area contributed by atoms with Crippen molar-refractivity contribution in [3.8, 4) is 11.5 Å². The van der Waals surface area contributed by atoms with E-state index in [4.69, 9.17) is 9.47 Å². The summed E-state index contributed by atoms with van der Waals surface area (Å²) >= 11 is 3.03. The Bertz CT molecular complexity index is 875. The lowest BCUT2D eigenvalue weighted by molar-refractivity contribution is -0.113. The molecule has 0 saturated carbocycles. The van der Waals surface area contributed by atoms with Crippen LogP contribution in [-0.4, -0.2) is 30.9 Å². The lowest BCUT2D eigenvalue weighted by Gasteiger charge is -2.13. The number of hydrogen-bond acceptors (Lipinski definition) is 6. The van der Waals surface area contributed by atoms with Gasteiger partial charge in [0, 0.05) is 11.8 Å². The zero-order valence-corrected chi connectivity index (χ0v) is 15.8. The smallest absolute Gasteiger partial charge is 0.234 e. The summed E-state index contributed by atoms with van der Waals surface area (Å²) in [5.41, 5.74) is 2.59. The number of ether oxygens (including phenoxy) is 2. The van der Waals surface area contributed by atoms with E-state index in [0.29, 0.717) is 22.9 Å². The van der Waals surface area contributed by atoms with E-state index in [0.717, 1.165) is 20.1 Å². The Labute approximate surface area is 154 Å². The van der Waals surface area contributed by atoms with Crippen LogP contribution in [0.15, 0.2) is 40.7 Å². The van der Waals surface area contributed by atoms with Crippen LogP contribution in [0.3, 0.4) is 0 Å². The van der Waals surface area contributed by atoms with Gasteiger partial charge in [-0.1, -0.05) is 23.9 Å². The zero-order valence-electron chi connectivity index (χ0n) is 14.2. The number of nitrogens with one attached hydrogen (secondary N) is 1. The van der Waals surface area contributed by atoms with Crippen LogP contribution < -0.4 is 14.8 Å². The third kappa shape index (κ3) is 4.05. The third-order valence-electron chi connectivity index (χ3n) is 3.61. The van der Waals surface area contributed by atoms with Crippen molar-refractivity contribution in [2.75, 3.05) is 25.3 Å². The Balaban J connectivity index is 1.66. The highest BCUT2D eigenvalue weighted by atomic mass is 32.2. The van der Waals surface area contributed by atoms with Crippen molar-refractivity contribution in [3.05, 3.63) is 42.0 Å². The maximum atomic E-state index is 12.3. The van der Waals surface area contributed by atoms with E-state index >= 15 is 0 Å². The minimum atomic E-state index is -0.0837. The quantitative estimate of drug-likeness (QED) is 0.650. The molecule has 0 radical (unpaired) electrons. The number of amides is 1. The fourth-order valence-electron chi connectivity index (χ4n) is 2.34. The van der Waals surface area contributed by atoms with Gasteiger partial charge in [-0.25, -0.2) is 4.98 Å². The highest BCUT2D eigenvalue weighted by Crippen LogP contribution is 2.33. The third-order valence-corrected chi connectivity index (χ3v) is 5.78. The molecular weight excluding hydrogens is 356 g/mol. The maximum absolute atomic E-state index is 12.3. The van der Waals surface area contributed by atoms with Crippen molar-refractivity contribution in [1.82, 2.24) is 4.98 Å².